The lowest BCUT2D eigenvalue weighted by Crippen LogP contribution is -2.37. The Morgan fingerprint density at radius 2 is 2.00 bits per heavy atom. The number of rotatable bonds is 5. The number of carbonyl (C=O) groups is 1. The van der Waals surface area contributed by atoms with Crippen LogP contribution >= 0.6 is 0 Å². The summed E-state index contributed by atoms with van der Waals surface area (Å²) >= 11 is 0. The van der Waals surface area contributed by atoms with Gasteiger partial charge in [0.15, 0.2) is 6.61 Å². The molecule has 1 N–H and O–H groups in total. The topological polar surface area (TPSA) is 47.6 Å². The molecule has 2 aromatic rings. The third kappa shape index (κ3) is 4.68. The number of amides is 1. The summed E-state index contributed by atoms with van der Waals surface area (Å²) in [5.74, 6) is 0.622. The fourth-order valence-corrected chi connectivity index (χ4v) is 2.74. The Morgan fingerprint density at radius 1 is 1.19 bits per heavy atom. The molecule has 0 spiro atoms. The van der Waals surface area contributed by atoms with Crippen molar-refractivity contribution in [2.24, 2.45) is 5.92 Å². The van der Waals surface area contributed by atoms with E-state index in [-0.39, 0.29) is 24.2 Å². The summed E-state index contributed by atoms with van der Waals surface area (Å²) in [5.41, 5.74) is 0.284. The first-order chi connectivity index (χ1) is 12.4. The summed E-state index contributed by atoms with van der Waals surface area (Å²) in [6.07, 6.45) is -3.65. The van der Waals surface area contributed by atoms with Crippen LogP contribution < -0.4 is 14.8 Å². The maximum atomic E-state index is 12.7. The van der Waals surface area contributed by atoms with Crippen LogP contribution in [-0.4, -0.2) is 25.7 Å². The lowest BCUT2D eigenvalue weighted by molar-refractivity contribution is -0.137. The summed E-state index contributed by atoms with van der Waals surface area (Å²) in [6.45, 7) is 0.580. The van der Waals surface area contributed by atoms with Gasteiger partial charge < -0.3 is 14.8 Å². The molecular formula is C19H18F3NO3. The lowest BCUT2D eigenvalue weighted by atomic mass is 9.97. The Hall–Kier alpha value is -2.70. The Labute approximate surface area is 148 Å². The van der Waals surface area contributed by atoms with Crippen LogP contribution in [0.5, 0.6) is 11.5 Å². The molecule has 2 aromatic carbocycles. The fourth-order valence-electron chi connectivity index (χ4n) is 2.74. The Bertz CT molecular complexity index is 777. The molecule has 138 valence electrons. The zero-order valence-corrected chi connectivity index (χ0v) is 13.9. The molecule has 1 aliphatic rings. The Balaban J connectivity index is 1.45. The van der Waals surface area contributed by atoms with Crippen molar-refractivity contribution in [1.82, 2.24) is 5.32 Å². The van der Waals surface area contributed by atoms with Gasteiger partial charge in [0.1, 0.15) is 11.5 Å². The van der Waals surface area contributed by atoms with Gasteiger partial charge in [-0.2, -0.15) is 13.2 Å². The number of benzene rings is 2. The van der Waals surface area contributed by atoms with E-state index in [0.717, 1.165) is 29.9 Å². The fraction of sp³-hybridized carbons (Fsp3) is 0.316. The number of hydrogen-bond acceptors (Lipinski definition) is 3. The predicted octanol–water partition coefficient (Wildman–Crippen LogP) is 3.45. The normalized spacial score (nSPS) is 16.3. The van der Waals surface area contributed by atoms with E-state index in [4.69, 9.17) is 9.47 Å². The van der Waals surface area contributed by atoms with Crippen LogP contribution in [0.15, 0.2) is 48.5 Å². The van der Waals surface area contributed by atoms with Crippen molar-refractivity contribution < 1.29 is 27.4 Å². The summed E-state index contributed by atoms with van der Waals surface area (Å²) in [6, 6.07) is 12.2. The van der Waals surface area contributed by atoms with Crippen LogP contribution in [0.4, 0.5) is 13.2 Å². The molecule has 7 heteroatoms. The SMILES string of the molecule is O=C(COc1cccc(C(F)(F)F)c1)NCC1COc2ccccc2C1. The molecule has 1 atom stereocenters. The number of alkyl halides is 3. The van der Waals surface area contributed by atoms with Crippen molar-refractivity contribution in [2.45, 2.75) is 12.6 Å². The first-order valence-electron chi connectivity index (χ1n) is 8.19. The first-order valence-corrected chi connectivity index (χ1v) is 8.19. The van der Waals surface area contributed by atoms with E-state index < -0.39 is 11.7 Å². The number of fused-ring (bicyclic) bond motifs is 1. The minimum atomic E-state index is -4.45. The molecule has 0 fully saturated rings. The van der Waals surface area contributed by atoms with Crippen LogP contribution in [0.1, 0.15) is 11.1 Å². The second-order valence-electron chi connectivity index (χ2n) is 6.11. The van der Waals surface area contributed by atoms with Gasteiger partial charge in [-0.1, -0.05) is 24.3 Å². The number of halogens is 3. The number of hydrogen-bond donors (Lipinski definition) is 1. The van der Waals surface area contributed by atoms with Crippen molar-refractivity contribution in [3.8, 4) is 11.5 Å². The molecule has 1 amide bonds. The van der Waals surface area contributed by atoms with Gasteiger partial charge in [0, 0.05) is 12.5 Å². The van der Waals surface area contributed by atoms with Gasteiger partial charge in [-0.3, -0.25) is 4.79 Å². The minimum absolute atomic E-state index is 0.00454. The third-order valence-electron chi connectivity index (χ3n) is 4.07. The Kier molecular flexibility index (Phi) is 5.35. The van der Waals surface area contributed by atoms with Crippen molar-refractivity contribution in [3.05, 3.63) is 59.7 Å². The number of ether oxygens (including phenoxy) is 2. The van der Waals surface area contributed by atoms with E-state index in [1.165, 1.54) is 12.1 Å². The Morgan fingerprint density at radius 3 is 2.81 bits per heavy atom. The molecule has 1 heterocycles. The summed E-state index contributed by atoms with van der Waals surface area (Å²) in [4.78, 5) is 11.9. The quantitative estimate of drug-likeness (QED) is 0.883. The molecule has 1 unspecified atom stereocenters. The molecule has 4 nitrogen and oxygen atoms in total. The van der Waals surface area contributed by atoms with Crippen molar-refractivity contribution in [1.29, 1.82) is 0 Å². The van der Waals surface area contributed by atoms with E-state index >= 15 is 0 Å². The molecule has 0 saturated carbocycles. The molecule has 0 saturated heterocycles. The number of nitrogens with one attached hydrogen (secondary N) is 1. The molecule has 3 rings (SSSR count). The molecule has 0 radical (unpaired) electrons. The van der Waals surface area contributed by atoms with E-state index in [2.05, 4.69) is 5.32 Å². The average molecular weight is 365 g/mol. The van der Waals surface area contributed by atoms with E-state index in [1.807, 2.05) is 24.3 Å². The van der Waals surface area contributed by atoms with Crippen molar-refractivity contribution in [3.63, 3.8) is 0 Å². The standard InChI is InChI=1S/C19H18F3NO3/c20-19(21,22)15-5-3-6-16(9-15)25-12-18(24)23-10-13-8-14-4-1-2-7-17(14)26-11-13/h1-7,9,13H,8,10-12H2,(H,23,24). The summed E-state index contributed by atoms with van der Waals surface area (Å²) in [5, 5.41) is 2.73. The van der Waals surface area contributed by atoms with Gasteiger partial charge in [0.25, 0.3) is 5.91 Å². The van der Waals surface area contributed by atoms with E-state index in [0.29, 0.717) is 13.2 Å². The highest BCUT2D eigenvalue weighted by molar-refractivity contribution is 5.77. The average Bonchev–Trinajstić information content (AvgIpc) is 2.64. The van der Waals surface area contributed by atoms with E-state index in [1.54, 1.807) is 0 Å². The second-order valence-corrected chi connectivity index (χ2v) is 6.11. The maximum Gasteiger partial charge on any atom is 0.416 e. The van der Waals surface area contributed by atoms with Gasteiger partial charge in [-0.25, -0.2) is 0 Å². The highest BCUT2D eigenvalue weighted by Crippen LogP contribution is 2.31. The maximum absolute atomic E-state index is 12.7. The van der Waals surface area contributed by atoms with Gasteiger partial charge in [0.2, 0.25) is 0 Å². The van der Waals surface area contributed by atoms with Gasteiger partial charge in [-0.05, 0) is 36.2 Å². The zero-order valence-electron chi connectivity index (χ0n) is 13.9. The minimum Gasteiger partial charge on any atom is -0.493 e. The highest BCUT2D eigenvalue weighted by Gasteiger charge is 2.30. The molecule has 0 aliphatic carbocycles. The van der Waals surface area contributed by atoms with Crippen LogP contribution in [0.2, 0.25) is 0 Å². The highest BCUT2D eigenvalue weighted by atomic mass is 19.4. The van der Waals surface area contributed by atoms with Crippen molar-refractivity contribution >= 4 is 5.91 Å². The van der Waals surface area contributed by atoms with Crippen molar-refractivity contribution in [2.75, 3.05) is 19.8 Å². The monoisotopic (exact) mass is 365 g/mol. The molecule has 0 aromatic heterocycles. The largest absolute Gasteiger partial charge is 0.493 e. The third-order valence-corrected chi connectivity index (χ3v) is 4.07. The van der Waals surface area contributed by atoms with Crippen LogP contribution in [-0.2, 0) is 17.4 Å². The van der Waals surface area contributed by atoms with Crippen LogP contribution in [0.3, 0.4) is 0 Å². The van der Waals surface area contributed by atoms with E-state index in [9.17, 15) is 18.0 Å². The van der Waals surface area contributed by atoms with Gasteiger partial charge >= 0.3 is 6.18 Å². The lowest BCUT2D eigenvalue weighted by Gasteiger charge is -2.25. The smallest absolute Gasteiger partial charge is 0.416 e. The van der Waals surface area contributed by atoms with Crippen LogP contribution in [0.25, 0.3) is 0 Å². The van der Waals surface area contributed by atoms with Gasteiger partial charge in [0.05, 0.1) is 12.2 Å². The first kappa shape index (κ1) is 18.1. The summed E-state index contributed by atoms with van der Waals surface area (Å²) < 4.78 is 48.8. The summed E-state index contributed by atoms with van der Waals surface area (Å²) in [7, 11) is 0. The zero-order chi connectivity index (χ0) is 18.6. The number of carbonyl (C=O) groups excluding carboxylic acids is 1. The molecule has 0 bridgehead atoms. The molecule has 26 heavy (non-hydrogen) atoms. The predicted molar refractivity (Wildman–Crippen MR) is 89.1 cm³/mol. The van der Waals surface area contributed by atoms with Crippen LogP contribution in [0, 0.1) is 5.92 Å². The second kappa shape index (κ2) is 7.68. The molecular weight excluding hydrogens is 347 g/mol. The van der Waals surface area contributed by atoms with Gasteiger partial charge in [-0.15, -0.1) is 0 Å². The number of para-hydroxylation sites is 1. The molecule has 1 aliphatic heterocycles.